The van der Waals surface area contributed by atoms with Crippen LogP contribution in [0.25, 0.3) is 0 Å². The lowest BCUT2D eigenvalue weighted by Crippen LogP contribution is -2.48. The second-order valence-corrected chi connectivity index (χ2v) is 7.73. The molecule has 0 radical (unpaired) electrons. The second-order valence-electron chi connectivity index (χ2n) is 7.73. The molecule has 0 bridgehead atoms. The molecule has 3 heterocycles. The minimum atomic E-state index is -0.00530. The summed E-state index contributed by atoms with van der Waals surface area (Å²) in [5.41, 5.74) is 1.77. The van der Waals surface area contributed by atoms with E-state index in [4.69, 9.17) is 0 Å². The Hall–Kier alpha value is -2.47. The quantitative estimate of drug-likeness (QED) is 0.818. The maximum absolute atomic E-state index is 12.8. The zero-order valence-electron chi connectivity index (χ0n) is 16.5. The minimum absolute atomic E-state index is 0.00530. The molecule has 0 unspecified atom stereocenters. The number of anilines is 1. The second kappa shape index (κ2) is 9.15. The Balaban J connectivity index is 1.31. The lowest BCUT2D eigenvalue weighted by atomic mass is 10.2. The van der Waals surface area contributed by atoms with Gasteiger partial charge in [0.1, 0.15) is 0 Å². The van der Waals surface area contributed by atoms with Crippen LogP contribution in [0.15, 0.2) is 42.5 Å². The standard InChI is InChI=1S/C22H29N5O/c28-22(20-10-11-21(24-23-20)26-12-6-1-2-7-13-26)27-16-14-25(15-17-27)18-19-8-4-3-5-9-19/h3-5,8-11H,1-2,6-7,12-18H2. The van der Waals surface area contributed by atoms with E-state index >= 15 is 0 Å². The van der Waals surface area contributed by atoms with E-state index in [1.165, 1.54) is 31.2 Å². The topological polar surface area (TPSA) is 52.6 Å². The molecule has 0 atom stereocenters. The molecule has 1 aromatic heterocycles. The van der Waals surface area contributed by atoms with E-state index in [9.17, 15) is 4.79 Å². The van der Waals surface area contributed by atoms with Crippen molar-refractivity contribution in [2.24, 2.45) is 0 Å². The van der Waals surface area contributed by atoms with Gasteiger partial charge in [-0.25, -0.2) is 0 Å². The Morgan fingerprint density at radius 2 is 1.50 bits per heavy atom. The van der Waals surface area contributed by atoms with E-state index in [0.717, 1.165) is 51.6 Å². The molecular formula is C22H29N5O. The maximum Gasteiger partial charge on any atom is 0.274 e. The third-order valence-electron chi connectivity index (χ3n) is 5.71. The summed E-state index contributed by atoms with van der Waals surface area (Å²) in [7, 11) is 0. The number of amides is 1. The summed E-state index contributed by atoms with van der Waals surface area (Å²) in [6, 6.07) is 14.3. The van der Waals surface area contributed by atoms with Crippen molar-refractivity contribution < 1.29 is 4.79 Å². The number of benzene rings is 1. The highest BCUT2D eigenvalue weighted by molar-refractivity contribution is 5.92. The Labute approximate surface area is 167 Å². The molecule has 2 aliphatic rings. The van der Waals surface area contributed by atoms with Crippen LogP contribution in [0.2, 0.25) is 0 Å². The summed E-state index contributed by atoms with van der Waals surface area (Å²) in [6.07, 6.45) is 4.98. The van der Waals surface area contributed by atoms with E-state index in [1.807, 2.05) is 23.1 Å². The van der Waals surface area contributed by atoms with E-state index in [2.05, 4.69) is 44.3 Å². The fraction of sp³-hybridized carbons (Fsp3) is 0.500. The van der Waals surface area contributed by atoms with Crippen molar-refractivity contribution in [1.29, 1.82) is 0 Å². The van der Waals surface area contributed by atoms with Gasteiger partial charge in [0.05, 0.1) is 0 Å². The van der Waals surface area contributed by atoms with Crippen LogP contribution in [-0.4, -0.2) is 65.2 Å². The highest BCUT2D eigenvalue weighted by atomic mass is 16.2. The molecule has 4 rings (SSSR count). The molecule has 2 aromatic rings. The fourth-order valence-corrected chi connectivity index (χ4v) is 4.02. The summed E-state index contributed by atoms with van der Waals surface area (Å²) in [4.78, 5) is 19.4. The number of hydrogen-bond donors (Lipinski definition) is 0. The number of carbonyl (C=O) groups is 1. The van der Waals surface area contributed by atoms with E-state index in [1.54, 1.807) is 0 Å². The van der Waals surface area contributed by atoms with Gasteiger partial charge in [-0.2, -0.15) is 0 Å². The first kappa shape index (κ1) is 18.9. The summed E-state index contributed by atoms with van der Waals surface area (Å²) in [5.74, 6) is 0.889. The summed E-state index contributed by atoms with van der Waals surface area (Å²) in [5, 5.41) is 8.60. The van der Waals surface area contributed by atoms with Crippen LogP contribution in [0.4, 0.5) is 5.82 Å². The van der Waals surface area contributed by atoms with Gasteiger partial charge in [0, 0.05) is 45.8 Å². The SMILES string of the molecule is O=C(c1ccc(N2CCCCCC2)nn1)N1CCN(Cc2ccccc2)CC1. The molecule has 0 N–H and O–H groups in total. The molecule has 2 aliphatic heterocycles. The first-order valence-electron chi connectivity index (χ1n) is 10.4. The van der Waals surface area contributed by atoms with E-state index < -0.39 is 0 Å². The molecule has 28 heavy (non-hydrogen) atoms. The average molecular weight is 380 g/mol. The first-order valence-corrected chi connectivity index (χ1v) is 10.4. The number of aromatic nitrogens is 2. The molecule has 0 spiro atoms. The molecule has 2 saturated heterocycles. The van der Waals surface area contributed by atoms with Gasteiger partial charge in [0.25, 0.3) is 5.91 Å². The van der Waals surface area contributed by atoms with Gasteiger partial charge < -0.3 is 9.80 Å². The number of nitrogens with zero attached hydrogens (tertiary/aromatic N) is 5. The predicted molar refractivity (Wildman–Crippen MR) is 110 cm³/mol. The van der Waals surface area contributed by atoms with Crippen molar-refractivity contribution in [3.8, 4) is 0 Å². The number of hydrogen-bond acceptors (Lipinski definition) is 5. The smallest absolute Gasteiger partial charge is 0.274 e. The number of rotatable bonds is 4. The zero-order valence-corrected chi connectivity index (χ0v) is 16.5. The van der Waals surface area contributed by atoms with Gasteiger partial charge in [-0.05, 0) is 30.5 Å². The highest BCUT2D eigenvalue weighted by Crippen LogP contribution is 2.17. The van der Waals surface area contributed by atoms with Gasteiger partial charge in [-0.3, -0.25) is 9.69 Å². The van der Waals surface area contributed by atoms with Crippen LogP contribution >= 0.6 is 0 Å². The monoisotopic (exact) mass is 379 g/mol. The van der Waals surface area contributed by atoms with Gasteiger partial charge in [0.2, 0.25) is 0 Å². The van der Waals surface area contributed by atoms with Crippen molar-refractivity contribution in [2.45, 2.75) is 32.2 Å². The first-order chi connectivity index (χ1) is 13.8. The maximum atomic E-state index is 12.8. The molecule has 2 fully saturated rings. The summed E-state index contributed by atoms with van der Waals surface area (Å²) in [6.45, 7) is 6.26. The van der Waals surface area contributed by atoms with Crippen LogP contribution in [0.1, 0.15) is 41.7 Å². The van der Waals surface area contributed by atoms with Gasteiger partial charge in [0.15, 0.2) is 11.5 Å². The normalized spacial score (nSPS) is 18.7. The molecule has 6 heteroatoms. The fourth-order valence-electron chi connectivity index (χ4n) is 4.02. The van der Waals surface area contributed by atoms with Crippen LogP contribution in [0.3, 0.4) is 0 Å². The molecular weight excluding hydrogens is 350 g/mol. The van der Waals surface area contributed by atoms with E-state index in [-0.39, 0.29) is 5.91 Å². The van der Waals surface area contributed by atoms with Crippen molar-refractivity contribution in [3.05, 3.63) is 53.7 Å². The number of carbonyl (C=O) groups excluding carboxylic acids is 1. The van der Waals surface area contributed by atoms with Crippen LogP contribution in [0.5, 0.6) is 0 Å². The Bertz CT molecular complexity index is 748. The zero-order chi connectivity index (χ0) is 19.2. The predicted octanol–water partition coefficient (Wildman–Crippen LogP) is 2.82. The largest absolute Gasteiger partial charge is 0.355 e. The van der Waals surface area contributed by atoms with Gasteiger partial charge in [-0.1, -0.05) is 43.2 Å². The minimum Gasteiger partial charge on any atom is -0.355 e. The Morgan fingerprint density at radius 1 is 0.786 bits per heavy atom. The number of piperazine rings is 1. The van der Waals surface area contributed by atoms with Gasteiger partial charge in [-0.15, -0.1) is 10.2 Å². The lowest BCUT2D eigenvalue weighted by molar-refractivity contribution is 0.0621. The van der Waals surface area contributed by atoms with Crippen LogP contribution in [-0.2, 0) is 6.54 Å². The molecule has 1 aromatic carbocycles. The molecule has 6 nitrogen and oxygen atoms in total. The van der Waals surface area contributed by atoms with E-state index in [0.29, 0.717) is 5.69 Å². The molecule has 1 amide bonds. The lowest BCUT2D eigenvalue weighted by Gasteiger charge is -2.34. The van der Waals surface area contributed by atoms with Crippen molar-refractivity contribution in [3.63, 3.8) is 0 Å². The Kier molecular flexibility index (Phi) is 6.17. The van der Waals surface area contributed by atoms with Crippen molar-refractivity contribution >= 4 is 11.7 Å². The van der Waals surface area contributed by atoms with Crippen LogP contribution in [0, 0.1) is 0 Å². The van der Waals surface area contributed by atoms with Gasteiger partial charge >= 0.3 is 0 Å². The highest BCUT2D eigenvalue weighted by Gasteiger charge is 2.23. The van der Waals surface area contributed by atoms with Crippen molar-refractivity contribution in [2.75, 3.05) is 44.2 Å². The summed E-state index contributed by atoms with van der Waals surface area (Å²) < 4.78 is 0. The average Bonchev–Trinajstić information content (AvgIpc) is 3.04. The summed E-state index contributed by atoms with van der Waals surface area (Å²) >= 11 is 0. The Morgan fingerprint density at radius 3 is 2.14 bits per heavy atom. The third kappa shape index (κ3) is 4.68. The molecule has 148 valence electrons. The van der Waals surface area contributed by atoms with Crippen molar-refractivity contribution in [1.82, 2.24) is 20.0 Å². The van der Waals surface area contributed by atoms with Crippen LogP contribution < -0.4 is 4.90 Å². The third-order valence-corrected chi connectivity index (χ3v) is 5.71. The molecule has 0 aliphatic carbocycles. The molecule has 0 saturated carbocycles.